The molecule has 4 heteroatoms. The van der Waals surface area contributed by atoms with Gasteiger partial charge in [0.2, 0.25) is 0 Å². The first kappa shape index (κ1) is 13.4. The van der Waals surface area contributed by atoms with E-state index in [-0.39, 0.29) is 0 Å². The second kappa shape index (κ2) is 5.84. The number of hydrogen-bond donors (Lipinski definition) is 2. The molecule has 3 N–H and O–H groups in total. The summed E-state index contributed by atoms with van der Waals surface area (Å²) in [5, 5.41) is 12.6. The van der Waals surface area contributed by atoms with Gasteiger partial charge in [0.05, 0.1) is 5.56 Å². The molecule has 1 aliphatic carbocycles. The van der Waals surface area contributed by atoms with Gasteiger partial charge in [-0.1, -0.05) is 12.1 Å². The number of rotatable bonds is 3. The van der Waals surface area contributed by atoms with Gasteiger partial charge in [0, 0.05) is 17.9 Å². The fourth-order valence-electron chi connectivity index (χ4n) is 2.67. The Morgan fingerprint density at radius 3 is 2.71 bits per heavy atom. The first-order valence-electron chi connectivity index (χ1n) is 7.27. The van der Waals surface area contributed by atoms with Crippen LogP contribution in [0.5, 0.6) is 0 Å². The number of aromatic nitrogens is 1. The molecule has 0 saturated carbocycles. The fraction of sp³-hybridized carbons (Fsp3) is 0.294. The lowest BCUT2D eigenvalue weighted by molar-refractivity contribution is 0.668. The van der Waals surface area contributed by atoms with Gasteiger partial charge >= 0.3 is 0 Å². The van der Waals surface area contributed by atoms with E-state index in [1.54, 1.807) is 0 Å². The SMILES string of the molecule is N#Cc1cc2c(nc1NCc1ccc(N)cc1)CCCC2. The van der Waals surface area contributed by atoms with E-state index in [2.05, 4.69) is 16.4 Å². The summed E-state index contributed by atoms with van der Waals surface area (Å²) >= 11 is 0. The van der Waals surface area contributed by atoms with Crippen molar-refractivity contribution < 1.29 is 0 Å². The Morgan fingerprint density at radius 2 is 1.95 bits per heavy atom. The highest BCUT2D eigenvalue weighted by Crippen LogP contribution is 2.24. The van der Waals surface area contributed by atoms with Crippen LogP contribution >= 0.6 is 0 Å². The lowest BCUT2D eigenvalue weighted by Crippen LogP contribution is -2.10. The number of benzene rings is 1. The lowest BCUT2D eigenvalue weighted by atomic mass is 9.95. The van der Waals surface area contributed by atoms with Crippen LogP contribution in [0, 0.1) is 11.3 Å². The van der Waals surface area contributed by atoms with Crippen molar-refractivity contribution >= 4 is 11.5 Å². The van der Waals surface area contributed by atoms with Crippen LogP contribution < -0.4 is 11.1 Å². The average molecular weight is 278 g/mol. The third kappa shape index (κ3) is 2.97. The highest BCUT2D eigenvalue weighted by Gasteiger charge is 2.14. The topological polar surface area (TPSA) is 74.7 Å². The van der Waals surface area contributed by atoms with E-state index in [1.165, 1.54) is 18.4 Å². The molecule has 0 saturated heterocycles. The van der Waals surface area contributed by atoms with Crippen LogP contribution in [0.1, 0.15) is 35.2 Å². The summed E-state index contributed by atoms with van der Waals surface area (Å²) < 4.78 is 0. The van der Waals surface area contributed by atoms with Crippen molar-refractivity contribution in [1.82, 2.24) is 4.98 Å². The Kier molecular flexibility index (Phi) is 3.74. The smallest absolute Gasteiger partial charge is 0.144 e. The molecule has 0 spiro atoms. The number of aryl methyl sites for hydroxylation is 2. The molecular weight excluding hydrogens is 260 g/mol. The molecule has 0 bridgehead atoms. The van der Waals surface area contributed by atoms with Crippen molar-refractivity contribution in [2.45, 2.75) is 32.2 Å². The van der Waals surface area contributed by atoms with Gasteiger partial charge in [-0.2, -0.15) is 5.26 Å². The monoisotopic (exact) mass is 278 g/mol. The maximum Gasteiger partial charge on any atom is 0.144 e. The van der Waals surface area contributed by atoms with Crippen LogP contribution in [0.2, 0.25) is 0 Å². The number of nitrogens with two attached hydrogens (primary N) is 1. The van der Waals surface area contributed by atoms with Crippen molar-refractivity contribution in [3.05, 3.63) is 52.7 Å². The van der Waals surface area contributed by atoms with E-state index >= 15 is 0 Å². The molecule has 1 heterocycles. The maximum absolute atomic E-state index is 9.31. The summed E-state index contributed by atoms with van der Waals surface area (Å²) in [5.74, 6) is 0.690. The van der Waals surface area contributed by atoms with Crippen molar-refractivity contribution in [1.29, 1.82) is 5.26 Å². The summed E-state index contributed by atoms with van der Waals surface area (Å²) in [6.07, 6.45) is 4.42. The Hall–Kier alpha value is -2.54. The zero-order valence-corrected chi connectivity index (χ0v) is 11.9. The molecule has 3 rings (SSSR count). The van der Waals surface area contributed by atoms with Gasteiger partial charge in [-0.3, -0.25) is 0 Å². The lowest BCUT2D eigenvalue weighted by Gasteiger charge is -2.17. The molecule has 1 aromatic heterocycles. The van der Waals surface area contributed by atoms with Crippen molar-refractivity contribution in [2.24, 2.45) is 0 Å². The van der Waals surface area contributed by atoms with Gasteiger partial charge in [-0.25, -0.2) is 4.98 Å². The van der Waals surface area contributed by atoms with Crippen molar-refractivity contribution in [3.63, 3.8) is 0 Å². The summed E-state index contributed by atoms with van der Waals surface area (Å²) in [4.78, 5) is 4.66. The fourth-order valence-corrected chi connectivity index (χ4v) is 2.67. The minimum absolute atomic E-state index is 0.631. The molecule has 2 aromatic rings. The van der Waals surface area contributed by atoms with E-state index in [1.807, 2.05) is 30.3 Å². The molecule has 0 atom stereocenters. The van der Waals surface area contributed by atoms with Crippen molar-refractivity contribution in [3.8, 4) is 6.07 Å². The number of nitrogens with one attached hydrogen (secondary N) is 1. The van der Waals surface area contributed by atoms with Gasteiger partial charge in [0.15, 0.2) is 0 Å². The quantitative estimate of drug-likeness (QED) is 0.846. The second-order valence-electron chi connectivity index (χ2n) is 5.40. The minimum Gasteiger partial charge on any atom is -0.399 e. The van der Waals surface area contributed by atoms with Gasteiger partial charge < -0.3 is 11.1 Å². The van der Waals surface area contributed by atoms with Gasteiger partial charge in [0.1, 0.15) is 11.9 Å². The predicted octanol–water partition coefficient (Wildman–Crippen LogP) is 3.03. The van der Waals surface area contributed by atoms with E-state index < -0.39 is 0 Å². The maximum atomic E-state index is 9.31. The molecule has 106 valence electrons. The highest BCUT2D eigenvalue weighted by atomic mass is 15.0. The number of fused-ring (bicyclic) bond motifs is 1. The molecule has 0 amide bonds. The van der Waals surface area contributed by atoms with Crippen molar-refractivity contribution in [2.75, 3.05) is 11.1 Å². The van der Waals surface area contributed by atoms with Gasteiger partial charge in [-0.05, 0) is 55.0 Å². The molecule has 0 fully saturated rings. The molecule has 0 aliphatic heterocycles. The van der Waals surface area contributed by atoms with Crippen LogP contribution in [0.3, 0.4) is 0 Å². The third-order valence-corrected chi connectivity index (χ3v) is 3.86. The van der Waals surface area contributed by atoms with Crippen LogP contribution in [0.15, 0.2) is 30.3 Å². The molecule has 21 heavy (non-hydrogen) atoms. The standard InChI is InChI=1S/C17H18N4/c18-10-14-9-13-3-1-2-4-16(13)21-17(14)20-11-12-5-7-15(19)8-6-12/h5-9H,1-4,11,19H2,(H,20,21). The Morgan fingerprint density at radius 1 is 1.19 bits per heavy atom. The summed E-state index contributed by atoms with van der Waals surface area (Å²) in [7, 11) is 0. The van der Waals surface area contributed by atoms with Crippen LogP contribution in [0.4, 0.5) is 11.5 Å². The second-order valence-corrected chi connectivity index (χ2v) is 5.40. The molecule has 0 radical (unpaired) electrons. The molecular formula is C17H18N4. The van der Waals surface area contributed by atoms with Crippen LogP contribution in [-0.4, -0.2) is 4.98 Å². The number of nitriles is 1. The van der Waals surface area contributed by atoms with Crippen LogP contribution in [0.25, 0.3) is 0 Å². The Bertz CT molecular complexity index is 683. The predicted molar refractivity (Wildman–Crippen MR) is 83.8 cm³/mol. The summed E-state index contributed by atoms with van der Waals surface area (Å²) in [5.41, 5.74) is 10.6. The van der Waals surface area contributed by atoms with Crippen LogP contribution in [-0.2, 0) is 19.4 Å². The Balaban J connectivity index is 1.81. The van der Waals surface area contributed by atoms with E-state index in [9.17, 15) is 5.26 Å². The van der Waals surface area contributed by atoms with Gasteiger partial charge in [0.25, 0.3) is 0 Å². The minimum atomic E-state index is 0.631. The molecule has 1 aromatic carbocycles. The number of hydrogen-bond acceptors (Lipinski definition) is 4. The normalized spacial score (nSPS) is 13.3. The average Bonchev–Trinajstić information content (AvgIpc) is 2.53. The molecule has 0 unspecified atom stereocenters. The number of nitrogens with zero attached hydrogens (tertiary/aromatic N) is 2. The molecule has 4 nitrogen and oxygen atoms in total. The largest absolute Gasteiger partial charge is 0.399 e. The highest BCUT2D eigenvalue weighted by molar-refractivity contribution is 5.55. The van der Waals surface area contributed by atoms with E-state index in [0.29, 0.717) is 17.9 Å². The number of anilines is 2. The summed E-state index contributed by atoms with van der Waals surface area (Å²) in [6.45, 7) is 0.640. The zero-order valence-electron chi connectivity index (χ0n) is 11.9. The first-order valence-corrected chi connectivity index (χ1v) is 7.27. The first-order chi connectivity index (χ1) is 10.3. The summed E-state index contributed by atoms with van der Waals surface area (Å²) in [6, 6.07) is 12.0. The van der Waals surface area contributed by atoms with Gasteiger partial charge in [-0.15, -0.1) is 0 Å². The number of pyridine rings is 1. The van der Waals surface area contributed by atoms with E-state index in [4.69, 9.17) is 5.73 Å². The third-order valence-electron chi connectivity index (χ3n) is 3.86. The Labute approximate surface area is 124 Å². The zero-order chi connectivity index (χ0) is 14.7. The number of nitrogen functional groups attached to an aromatic ring is 1. The van der Waals surface area contributed by atoms with E-state index in [0.717, 1.165) is 29.8 Å². The molecule has 1 aliphatic rings.